The van der Waals surface area contributed by atoms with E-state index in [9.17, 15) is 34.5 Å². The van der Waals surface area contributed by atoms with E-state index in [0.29, 0.717) is 19.3 Å². The van der Waals surface area contributed by atoms with Gasteiger partial charge in [-0.2, -0.15) is 0 Å². The first-order valence-electron chi connectivity index (χ1n) is 30.9. The summed E-state index contributed by atoms with van der Waals surface area (Å²) in [5.74, 6) is -3.32. The highest BCUT2D eigenvalue weighted by Crippen LogP contribution is 2.26. The number of esters is 3. The van der Waals surface area contributed by atoms with Crippen molar-refractivity contribution >= 4 is 23.9 Å². The number of aliphatic hydroxyl groups excluding tert-OH is 2. The summed E-state index contributed by atoms with van der Waals surface area (Å²) in [5.41, 5.74) is 0. The maximum atomic E-state index is 13.1. The van der Waals surface area contributed by atoms with Crippen molar-refractivity contribution in [2.75, 3.05) is 13.2 Å². The molecule has 0 aromatic carbocycles. The van der Waals surface area contributed by atoms with Crippen LogP contribution in [0.25, 0.3) is 0 Å². The largest absolute Gasteiger partial charge is 0.479 e. The molecule has 1 aliphatic rings. The predicted molar refractivity (Wildman–Crippen MR) is 321 cm³/mol. The van der Waals surface area contributed by atoms with Crippen LogP contribution in [-0.4, -0.2) is 89.2 Å². The van der Waals surface area contributed by atoms with Crippen LogP contribution < -0.4 is 0 Å². The maximum Gasteiger partial charge on any atom is 0.335 e. The molecule has 79 heavy (non-hydrogen) atoms. The molecule has 1 heterocycles. The molecule has 0 aromatic heterocycles. The Hall–Kier alpha value is -4.62. The van der Waals surface area contributed by atoms with Crippen molar-refractivity contribution in [3.63, 3.8) is 0 Å². The zero-order valence-corrected chi connectivity index (χ0v) is 49.3. The standard InChI is InChI=1S/C67H108O12/c1-4-7-10-13-16-19-22-25-28-30-33-35-38-41-44-47-50-53-59(68)75-56-58(77-60(69)54-51-48-45-42-39-36-32-27-24-21-18-15-12-9-6-3)57-76-67-65(63(72)62(71)64(79-67)66(73)74)78-61(70)55-52-49-46-43-40-37-34-31-29-26-23-20-17-14-11-8-5-2/h8-9,11-12,17-18,20-21,26-27,29,32,34,37,39,42,48,51,58,62-65,67,71-72H,4-7,10,13-16,19,22-25,28,30-31,33,35-36,38,40-41,43-47,49-50,52-57H2,1-3H3,(H,73,74)/b11-8-,12-9-,20-17-,21-18-,29-26-,32-27-,37-34-,42-39-,51-48-. The van der Waals surface area contributed by atoms with E-state index in [0.717, 1.165) is 96.3 Å². The number of carbonyl (C=O) groups is 4. The minimum Gasteiger partial charge on any atom is -0.479 e. The summed E-state index contributed by atoms with van der Waals surface area (Å²) in [7, 11) is 0. The van der Waals surface area contributed by atoms with Crippen LogP contribution in [-0.2, 0) is 42.9 Å². The van der Waals surface area contributed by atoms with Crippen LogP contribution in [0.15, 0.2) is 109 Å². The maximum absolute atomic E-state index is 13.1. The van der Waals surface area contributed by atoms with Gasteiger partial charge in [-0.1, -0.05) is 246 Å². The second-order valence-electron chi connectivity index (χ2n) is 20.6. The summed E-state index contributed by atoms with van der Waals surface area (Å²) in [4.78, 5) is 51.2. The van der Waals surface area contributed by atoms with Gasteiger partial charge in [-0.3, -0.25) is 14.4 Å². The van der Waals surface area contributed by atoms with Gasteiger partial charge >= 0.3 is 23.9 Å². The molecule has 0 saturated carbocycles. The van der Waals surface area contributed by atoms with E-state index < -0.39 is 67.3 Å². The van der Waals surface area contributed by atoms with Crippen LogP contribution in [0.2, 0.25) is 0 Å². The fourth-order valence-corrected chi connectivity index (χ4v) is 8.73. The summed E-state index contributed by atoms with van der Waals surface area (Å²) < 4.78 is 28.3. The van der Waals surface area contributed by atoms with E-state index in [1.807, 2.05) is 18.2 Å². The molecule has 6 unspecified atom stereocenters. The lowest BCUT2D eigenvalue weighted by molar-refractivity contribution is -0.301. The SMILES string of the molecule is CC/C=C\C/C=C\C/C=C\C/C=C\C/C=C\CC(=O)OC(COC(=O)CCCCCCCCCCCCCCCCCCC)COC1OC(C(=O)O)C(O)C(O)C1OC(=O)CCCCCC/C=C\C/C=C\C/C=C\C/C=C\CC. The predicted octanol–water partition coefficient (Wildman–Crippen LogP) is 16.2. The lowest BCUT2D eigenvalue weighted by Crippen LogP contribution is -2.61. The van der Waals surface area contributed by atoms with Crippen LogP contribution in [0.5, 0.6) is 0 Å². The Morgan fingerprint density at radius 2 is 0.835 bits per heavy atom. The first-order valence-corrected chi connectivity index (χ1v) is 30.9. The molecule has 12 nitrogen and oxygen atoms in total. The molecule has 0 aromatic rings. The molecule has 1 fully saturated rings. The molecule has 1 saturated heterocycles. The highest BCUT2D eigenvalue weighted by molar-refractivity contribution is 5.74. The molecule has 0 bridgehead atoms. The quantitative estimate of drug-likeness (QED) is 0.0228. The molecule has 6 atom stereocenters. The number of aliphatic carboxylic acids is 1. The number of hydrogen-bond acceptors (Lipinski definition) is 11. The molecule has 448 valence electrons. The van der Waals surface area contributed by atoms with Crippen molar-refractivity contribution in [1.29, 1.82) is 0 Å². The molecule has 3 N–H and O–H groups in total. The van der Waals surface area contributed by atoms with Crippen LogP contribution in [0, 0.1) is 0 Å². The minimum atomic E-state index is -1.93. The van der Waals surface area contributed by atoms with Crippen molar-refractivity contribution in [2.45, 2.75) is 276 Å². The van der Waals surface area contributed by atoms with E-state index in [1.165, 1.54) is 83.5 Å². The molecule has 1 aliphatic heterocycles. The molecule has 0 amide bonds. The number of carbonyl (C=O) groups excluding carboxylic acids is 3. The summed E-state index contributed by atoms with van der Waals surface area (Å²) in [6, 6.07) is 0. The lowest BCUT2D eigenvalue weighted by Gasteiger charge is -2.40. The molecule has 0 aliphatic carbocycles. The summed E-state index contributed by atoms with van der Waals surface area (Å²) >= 11 is 0. The molecule has 12 heteroatoms. The van der Waals surface area contributed by atoms with Gasteiger partial charge < -0.3 is 39.0 Å². The summed E-state index contributed by atoms with van der Waals surface area (Å²) in [5, 5.41) is 31.5. The van der Waals surface area contributed by atoms with Gasteiger partial charge in [0.25, 0.3) is 0 Å². The molecular formula is C67H108O12. The van der Waals surface area contributed by atoms with Crippen molar-refractivity contribution in [2.24, 2.45) is 0 Å². The Bertz CT molecular complexity index is 1790. The molecule has 1 rings (SSSR count). The lowest BCUT2D eigenvalue weighted by atomic mass is 9.98. The zero-order valence-electron chi connectivity index (χ0n) is 49.3. The van der Waals surface area contributed by atoms with Gasteiger partial charge in [0.2, 0.25) is 0 Å². The second-order valence-corrected chi connectivity index (χ2v) is 20.6. The number of carboxylic acids is 1. The number of aliphatic hydroxyl groups is 2. The van der Waals surface area contributed by atoms with Gasteiger partial charge in [0.15, 0.2) is 24.6 Å². The molecule has 0 spiro atoms. The van der Waals surface area contributed by atoms with Crippen molar-refractivity contribution in [1.82, 2.24) is 0 Å². The van der Waals surface area contributed by atoms with Crippen LogP contribution in [0.1, 0.15) is 239 Å². The fraction of sp³-hybridized carbons (Fsp3) is 0.672. The first kappa shape index (κ1) is 72.4. The van der Waals surface area contributed by atoms with Crippen LogP contribution in [0.4, 0.5) is 0 Å². The van der Waals surface area contributed by atoms with E-state index in [4.69, 9.17) is 23.7 Å². The van der Waals surface area contributed by atoms with Crippen molar-refractivity contribution in [3.05, 3.63) is 109 Å². The van der Waals surface area contributed by atoms with Crippen LogP contribution >= 0.6 is 0 Å². The van der Waals surface area contributed by atoms with Gasteiger partial charge in [-0.15, -0.1) is 0 Å². The topological polar surface area (TPSA) is 175 Å². The van der Waals surface area contributed by atoms with Gasteiger partial charge in [0.1, 0.15) is 18.8 Å². The van der Waals surface area contributed by atoms with Crippen molar-refractivity contribution in [3.8, 4) is 0 Å². The Morgan fingerprint density at radius 1 is 0.443 bits per heavy atom. The number of hydrogen-bond donors (Lipinski definition) is 3. The highest BCUT2D eigenvalue weighted by Gasteiger charge is 2.50. The third-order valence-corrected chi connectivity index (χ3v) is 13.4. The summed E-state index contributed by atoms with van der Waals surface area (Å²) in [6.45, 7) is 5.68. The van der Waals surface area contributed by atoms with Gasteiger partial charge in [0.05, 0.1) is 13.0 Å². The third kappa shape index (κ3) is 43.8. The first-order chi connectivity index (χ1) is 38.6. The molecular weight excluding hydrogens is 997 g/mol. The van der Waals surface area contributed by atoms with E-state index in [-0.39, 0.29) is 25.9 Å². The second kappa shape index (κ2) is 54.0. The normalized spacial score (nSPS) is 18.6. The van der Waals surface area contributed by atoms with E-state index >= 15 is 0 Å². The average molecular weight is 1110 g/mol. The fourth-order valence-electron chi connectivity index (χ4n) is 8.73. The van der Waals surface area contributed by atoms with Gasteiger partial charge in [-0.25, -0.2) is 4.79 Å². The minimum absolute atomic E-state index is 0.0177. The number of unbranched alkanes of at least 4 members (excludes halogenated alkanes) is 20. The van der Waals surface area contributed by atoms with Gasteiger partial charge in [-0.05, 0) is 83.5 Å². The number of rotatable bonds is 51. The van der Waals surface area contributed by atoms with E-state index in [1.54, 1.807) is 6.08 Å². The highest BCUT2D eigenvalue weighted by atomic mass is 16.7. The van der Waals surface area contributed by atoms with Gasteiger partial charge in [0, 0.05) is 12.8 Å². The van der Waals surface area contributed by atoms with E-state index in [2.05, 4.69) is 106 Å². The zero-order chi connectivity index (χ0) is 57.5. The monoisotopic (exact) mass is 1100 g/mol. The Balaban J connectivity index is 2.74. The smallest absolute Gasteiger partial charge is 0.335 e. The number of carboxylic acid groups (broad SMARTS) is 1. The van der Waals surface area contributed by atoms with Crippen molar-refractivity contribution < 1.29 is 58.2 Å². The van der Waals surface area contributed by atoms with Crippen LogP contribution in [0.3, 0.4) is 0 Å². The Morgan fingerprint density at radius 3 is 1.28 bits per heavy atom. The molecule has 0 radical (unpaired) electrons. The Labute approximate surface area is 478 Å². The summed E-state index contributed by atoms with van der Waals surface area (Å²) in [6.07, 6.45) is 60.8. The number of allylic oxidation sites excluding steroid dienone is 17. The number of ether oxygens (including phenoxy) is 5. The average Bonchev–Trinajstić information content (AvgIpc) is 3.46. The Kier molecular flexibility index (Phi) is 49.5. The third-order valence-electron chi connectivity index (χ3n) is 13.4.